The summed E-state index contributed by atoms with van der Waals surface area (Å²) in [4.78, 5) is 25.3. The molecule has 0 aromatic rings. The summed E-state index contributed by atoms with van der Waals surface area (Å²) in [7, 11) is 0. The van der Waals surface area contributed by atoms with Gasteiger partial charge in [0.2, 0.25) is 11.8 Å². The quantitative estimate of drug-likeness (QED) is 0.514. The van der Waals surface area contributed by atoms with Gasteiger partial charge in [-0.3, -0.25) is 14.5 Å². The Labute approximate surface area is 115 Å². The molecule has 1 saturated heterocycles. The van der Waals surface area contributed by atoms with Gasteiger partial charge in [0.15, 0.2) is 0 Å². The number of hydrogen-bond acceptors (Lipinski definition) is 3. The summed E-state index contributed by atoms with van der Waals surface area (Å²) >= 11 is 0. The molecule has 2 rings (SSSR count). The zero-order chi connectivity index (χ0) is 13.7. The molecule has 1 unspecified atom stereocenters. The topological polar surface area (TPSA) is 49.4 Å². The molecule has 0 aromatic heterocycles. The number of nitrogens with zero attached hydrogens (tertiary/aromatic N) is 1. The average Bonchev–Trinajstić information content (AvgIpc) is 3.17. The first kappa shape index (κ1) is 14.5. The predicted molar refractivity (Wildman–Crippen MR) is 74.7 cm³/mol. The minimum Gasteiger partial charge on any atom is -0.305 e. The molecule has 2 amide bonds. The Bertz CT molecular complexity index is 326. The van der Waals surface area contributed by atoms with Gasteiger partial charge in [-0.1, -0.05) is 39.0 Å². The normalized spacial score (nSPS) is 23.4. The fraction of sp³-hybridized carbons (Fsp3) is 0.867. The van der Waals surface area contributed by atoms with E-state index in [-0.39, 0.29) is 23.9 Å². The van der Waals surface area contributed by atoms with Crippen LogP contribution in [0.25, 0.3) is 0 Å². The molecule has 4 heteroatoms. The fourth-order valence-corrected chi connectivity index (χ4v) is 2.71. The molecule has 4 nitrogen and oxygen atoms in total. The maximum Gasteiger partial charge on any atom is 0.247 e. The second kappa shape index (κ2) is 7.04. The Morgan fingerprint density at radius 2 is 1.79 bits per heavy atom. The second-order valence-corrected chi connectivity index (χ2v) is 5.81. The third kappa shape index (κ3) is 4.03. The van der Waals surface area contributed by atoms with Crippen LogP contribution in [-0.2, 0) is 9.59 Å². The van der Waals surface area contributed by atoms with Crippen LogP contribution in [0, 0.1) is 0 Å². The van der Waals surface area contributed by atoms with E-state index in [0.717, 1.165) is 25.8 Å². The smallest absolute Gasteiger partial charge is 0.247 e. The monoisotopic (exact) mass is 266 g/mol. The van der Waals surface area contributed by atoms with Gasteiger partial charge >= 0.3 is 0 Å². The first-order valence-corrected chi connectivity index (χ1v) is 7.83. The largest absolute Gasteiger partial charge is 0.305 e. The zero-order valence-electron chi connectivity index (χ0n) is 12.0. The number of unbranched alkanes of at least 4 members (excludes halogenated alkanes) is 5. The lowest BCUT2D eigenvalue weighted by atomic mass is 10.1. The molecule has 19 heavy (non-hydrogen) atoms. The van der Waals surface area contributed by atoms with Crippen LogP contribution in [0.2, 0.25) is 0 Å². The van der Waals surface area contributed by atoms with Crippen LogP contribution >= 0.6 is 0 Å². The van der Waals surface area contributed by atoms with E-state index >= 15 is 0 Å². The Morgan fingerprint density at radius 3 is 2.47 bits per heavy atom. The summed E-state index contributed by atoms with van der Waals surface area (Å²) in [5.41, 5.74) is 0. The van der Waals surface area contributed by atoms with Crippen LogP contribution in [0.4, 0.5) is 0 Å². The molecule has 1 atom stereocenters. The number of nitrogens with one attached hydrogen (secondary N) is 1. The van der Waals surface area contributed by atoms with E-state index in [1.807, 2.05) is 0 Å². The molecular formula is C15H26N2O2. The molecule has 0 radical (unpaired) electrons. The number of amides is 2. The summed E-state index contributed by atoms with van der Waals surface area (Å²) in [5, 5.41) is 3.25. The van der Waals surface area contributed by atoms with E-state index in [1.54, 1.807) is 0 Å². The lowest BCUT2D eigenvalue weighted by molar-refractivity contribution is -0.139. The van der Waals surface area contributed by atoms with Gasteiger partial charge in [0.05, 0.1) is 12.5 Å². The molecule has 1 aliphatic carbocycles. The number of carbonyl (C=O) groups is 2. The lowest BCUT2D eigenvalue weighted by Gasteiger charge is -2.14. The summed E-state index contributed by atoms with van der Waals surface area (Å²) in [6.45, 7) is 3.07. The van der Waals surface area contributed by atoms with Crippen LogP contribution in [-0.4, -0.2) is 35.3 Å². The van der Waals surface area contributed by atoms with E-state index in [2.05, 4.69) is 12.2 Å². The third-order valence-corrected chi connectivity index (χ3v) is 4.02. The molecule has 1 N–H and O–H groups in total. The van der Waals surface area contributed by atoms with Crippen molar-refractivity contribution in [3.8, 4) is 0 Å². The first-order valence-electron chi connectivity index (χ1n) is 7.83. The van der Waals surface area contributed by atoms with E-state index in [9.17, 15) is 9.59 Å². The second-order valence-electron chi connectivity index (χ2n) is 5.81. The molecule has 1 saturated carbocycles. The molecule has 0 bridgehead atoms. The lowest BCUT2D eigenvalue weighted by Crippen LogP contribution is -2.40. The maximum absolute atomic E-state index is 12.0. The Morgan fingerprint density at radius 1 is 1.11 bits per heavy atom. The van der Waals surface area contributed by atoms with E-state index in [0.29, 0.717) is 6.42 Å². The summed E-state index contributed by atoms with van der Waals surface area (Å²) in [6.07, 6.45) is 9.87. The van der Waals surface area contributed by atoms with Gasteiger partial charge in [0, 0.05) is 6.04 Å². The van der Waals surface area contributed by atoms with Gasteiger partial charge in [-0.15, -0.1) is 0 Å². The van der Waals surface area contributed by atoms with Crippen molar-refractivity contribution in [3.63, 3.8) is 0 Å². The van der Waals surface area contributed by atoms with Crippen molar-refractivity contribution in [3.05, 3.63) is 0 Å². The van der Waals surface area contributed by atoms with Gasteiger partial charge < -0.3 is 5.32 Å². The van der Waals surface area contributed by atoms with Crippen LogP contribution in [0.5, 0.6) is 0 Å². The highest BCUT2D eigenvalue weighted by molar-refractivity contribution is 6.06. The van der Waals surface area contributed by atoms with Gasteiger partial charge in [0.25, 0.3) is 0 Å². The maximum atomic E-state index is 12.0. The fourth-order valence-electron chi connectivity index (χ4n) is 2.71. The van der Waals surface area contributed by atoms with E-state index < -0.39 is 0 Å². The highest BCUT2D eigenvalue weighted by atomic mass is 16.2. The first-order chi connectivity index (χ1) is 9.24. The predicted octanol–water partition coefficient (Wildman–Crippen LogP) is 2.23. The van der Waals surface area contributed by atoms with Gasteiger partial charge in [-0.05, 0) is 25.8 Å². The van der Waals surface area contributed by atoms with Crippen LogP contribution < -0.4 is 5.32 Å². The molecule has 2 aliphatic rings. The number of carbonyl (C=O) groups excluding carboxylic acids is 2. The van der Waals surface area contributed by atoms with Crippen LogP contribution in [0.3, 0.4) is 0 Å². The standard InChI is InChI=1S/C15H26N2O2/c1-2-3-4-5-6-7-10-16-13-11-14(18)17(15(13)19)12-8-9-12/h12-13,16H,2-11H2,1H3. The third-order valence-electron chi connectivity index (χ3n) is 4.02. The van der Waals surface area contributed by atoms with Crippen LogP contribution in [0.1, 0.15) is 64.7 Å². The number of imide groups is 1. The van der Waals surface area contributed by atoms with Crippen molar-refractivity contribution in [1.29, 1.82) is 0 Å². The van der Waals surface area contributed by atoms with Crippen molar-refractivity contribution in [2.45, 2.75) is 76.8 Å². The molecule has 1 heterocycles. The SMILES string of the molecule is CCCCCCCCNC1CC(=O)N(C2CC2)C1=O. The van der Waals surface area contributed by atoms with E-state index in [4.69, 9.17) is 0 Å². The Balaban J connectivity index is 1.59. The number of hydrogen-bond donors (Lipinski definition) is 1. The van der Waals surface area contributed by atoms with Crippen molar-refractivity contribution < 1.29 is 9.59 Å². The summed E-state index contributed by atoms with van der Waals surface area (Å²) in [6, 6.07) is -0.0235. The molecule has 108 valence electrons. The van der Waals surface area contributed by atoms with Crippen molar-refractivity contribution in [1.82, 2.24) is 10.2 Å². The van der Waals surface area contributed by atoms with Gasteiger partial charge in [0.1, 0.15) is 0 Å². The number of rotatable bonds is 9. The average molecular weight is 266 g/mol. The Kier molecular flexibility index (Phi) is 5.37. The minimum absolute atomic E-state index is 0.0125. The zero-order valence-corrected chi connectivity index (χ0v) is 12.0. The van der Waals surface area contributed by atoms with Crippen molar-refractivity contribution in [2.75, 3.05) is 6.54 Å². The summed E-state index contributed by atoms with van der Waals surface area (Å²) < 4.78 is 0. The minimum atomic E-state index is -0.247. The van der Waals surface area contributed by atoms with Crippen molar-refractivity contribution >= 4 is 11.8 Å². The van der Waals surface area contributed by atoms with Crippen LogP contribution in [0.15, 0.2) is 0 Å². The highest BCUT2D eigenvalue weighted by Crippen LogP contribution is 2.31. The molecule has 0 spiro atoms. The van der Waals surface area contributed by atoms with E-state index in [1.165, 1.54) is 37.0 Å². The van der Waals surface area contributed by atoms with Crippen molar-refractivity contribution in [2.24, 2.45) is 0 Å². The molecule has 1 aliphatic heterocycles. The van der Waals surface area contributed by atoms with Gasteiger partial charge in [-0.2, -0.15) is 0 Å². The number of likely N-dealkylation sites (tertiary alicyclic amines) is 1. The van der Waals surface area contributed by atoms with Gasteiger partial charge in [-0.25, -0.2) is 0 Å². The highest BCUT2D eigenvalue weighted by Gasteiger charge is 2.45. The summed E-state index contributed by atoms with van der Waals surface area (Å²) in [5.74, 6) is 0.0337. The molecular weight excluding hydrogens is 240 g/mol. The Hall–Kier alpha value is -0.900. The molecule has 2 fully saturated rings. The molecule has 0 aromatic carbocycles.